The van der Waals surface area contributed by atoms with Gasteiger partial charge in [0.1, 0.15) is 0 Å². The van der Waals surface area contributed by atoms with Gasteiger partial charge in [0.05, 0.1) is 18.0 Å². The van der Waals surface area contributed by atoms with Crippen LogP contribution in [-0.4, -0.2) is 41.9 Å². The zero-order valence-corrected chi connectivity index (χ0v) is 8.38. The largest absolute Gasteiger partial charge is 0.372 e. The van der Waals surface area contributed by atoms with Crippen LogP contribution in [0.4, 0.5) is 0 Å². The second-order valence-corrected chi connectivity index (χ2v) is 3.53. The lowest BCUT2D eigenvalue weighted by atomic mass is 10.2. The summed E-state index contributed by atoms with van der Waals surface area (Å²) in [5.74, 6) is 0.389. The van der Waals surface area contributed by atoms with E-state index < -0.39 is 0 Å². The second-order valence-electron chi connectivity index (χ2n) is 3.21. The van der Waals surface area contributed by atoms with Crippen LogP contribution in [0.3, 0.4) is 0 Å². The van der Waals surface area contributed by atoms with Crippen molar-refractivity contribution in [2.75, 3.05) is 18.8 Å². The molecule has 0 aliphatic carbocycles. The van der Waals surface area contributed by atoms with Crippen LogP contribution in [0.25, 0.3) is 0 Å². The maximum absolute atomic E-state index is 11.3. The number of amides is 1. The maximum Gasteiger partial charge on any atom is 0.232 e. The van der Waals surface area contributed by atoms with E-state index in [1.807, 2.05) is 18.7 Å². The molecule has 0 spiro atoms. The molecule has 0 aromatic heterocycles. The molecule has 1 rings (SSSR count). The fourth-order valence-electron chi connectivity index (χ4n) is 1.48. The molecule has 0 aromatic rings. The minimum atomic E-state index is 0.0975. The first-order valence-electron chi connectivity index (χ1n) is 4.17. The normalized spacial score (nSPS) is 30.4. The van der Waals surface area contributed by atoms with Crippen molar-refractivity contribution >= 4 is 18.5 Å². The summed E-state index contributed by atoms with van der Waals surface area (Å²) in [7, 11) is 0. The number of hydrogen-bond acceptors (Lipinski definition) is 3. The summed E-state index contributed by atoms with van der Waals surface area (Å²) < 4.78 is 5.49. The van der Waals surface area contributed by atoms with Crippen LogP contribution in [-0.2, 0) is 9.53 Å². The lowest BCUT2D eigenvalue weighted by molar-refractivity contribution is -0.140. The Hall–Kier alpha value is -0.220. The minimum Gasteiger partial charge on any atom is -0.372 e. The SMILES string of the molecule is CC1CN(C(=O)CS)CC(C)O1. The number of thiol groups is 1. The minimum absolute atomic E-state index is 0.0975. The summed E-state index contributed by atoms with van der Waals surface area (Å²) in [6, 6.07) is 0. The molecule has 1 saturated heterocycles. The number of carbonyl (C=O) groups excluding carboxylic acids is 1. The van der Waals surface area contributed by atoms with E-state index in [1.54, 1.807) is 0 Å². The van der Waals surface area contributed by atoms with Gasteiger partial charge in [0.25, 0.3) is 0 Å². The Morgan fingerprint density at radius 2 is 2.00 bits per heavy atom. The third-order valence-electron chi connectivity index (χ3n) is 1.91. The summed E-state index contributed by atoms with van der Waals surface area (Å²) in [4.78, 5) is 13.1. The van der Waals surface area contributed by atoms with E-state index in [0.29, 0.717) is 18.8 Å². The number of hydrogen-bond donors (Lipinski definition) is 1. The van der Waals surface area contributed by atoms with Gasteiger partial charge in [0.15, 0.2) is 0 Å². The Bertz CT molecular complexity index is 164. The molecule has 0 N–H and O–H groups in total. The molecule has 0 aromatic carbocycles. The van der Waals surface area contributed by atoms with Gasteiger partial charge < -0.3 is 9.64 Å². The van der Waals surface area contributed by atoms with Crippen molar-refractivity contribution in [2.24, 2.45) is 0 Å². The molecule has 1 aliphatic rings. The third-order valence-corrected chi connectivity index (χ3v) is 2.18. The van der Waals surface area contributed by atoms with Gasteiger partial charge in [0.2, 0.25) is 5.91 Å². The monoisotopic (exact) mass is 189 g/mol. The molecular weight excluding hydrogens is 174 g/mol. The molecule has 12 heavy (non-hydrogen) atoms. The standard InChI is InChI=1S/C8H15NO2S/c1-6-3-9(8(10)5-12)4-7(2)11-6/h6-7,12H,3-5H2,1-2H3. The van der Waals surface area contributed by atoms with Crippen molar-refractivity contribution in [2.45, 2.75) is 26.1 Å². The van der Waals surface area contributed by atoms with E-state index in [0.717, 1.165) is 0 Å². The number of morpholine rings is 1. The first kappa shape index (κ1) is 9.86. The lowest BCUT2D eigenvalue weighted by Crippen LogP contribution is -2.48. The highest BCUT2D eigenvalue weighted by molar-refractivity contribution is 7.81. The van der Waals surface area contributed by atoms with Crippen LogP contribution < -0.4 is 0 Å². The van der Waals surface area contributed by atoms with E-state index >= 15 is 0 Å². The molecule has 2 atom stereocenters. The highest BCUT2D eigenvalue weighted by Gasteiger charge is 2.24. The first-order chi connectivity index (χ1) is 5.63. The predicted molar refractivity (Wildman–Crippen MR) is 50.4 cm³/mol. The zero-order valence-electron chi connectivity index (χ0n) is 7.49. The van der Waals surface area contributed by atoms with Gasteiger partial charge in [0, 0.05) is 13.1 Å². The predicted octanol–water partition coefficient (Wildman–Crippen LogP) is 0.552. The van der Waals surface area contributed by atoms with Gasteiger partial charge in [-0.1, -0.05) is 0 Å². The average molecular weight is 189 g/mol. The number of rotatable bonds is 1. The molecule has 1 fully saturated rings. The zero-order chi connectivity index (χ0) is 9.14. The fourth-order valence-corrected chi connectivity index (χ4v) is 1.68. The third kappa shape index (κ3) is 2.38. The first-order valence-corrected chi connectivity index (χ1v) is 4.81. The highest BCUT2D eigenvalue weighted by atomic mass is 32.1. The van der Waals surface area contributed by atoms with Crippen molar-refractivity contribution in [3.63, 3.8) is 0 Å². The van der Waals surface area contributed by atoms with E-state index in [4.69, 9.17) is 4.74 Å². The quantitative estimate of drug-likeness (QED) is 0.610. The molecule has 1 heterocycles. The van der Waals surface area contributed by atoms with E-state index in [2.05, 4.69) is 12.6 Å². The van der Waals surface area contributed by atoms with Crippen molar-refractivity contribution in [1.82, 2.24) is 4.90 Å². The number of carbonyl (C=O) groups is 1. The molecule has 70 valence electrons. The van der Waals surface area contributed by atoms with E-state index in [9.17, 15) is 4.79 Å². The number of ether oxygens (including phenoxy) is 1. The van der Waals surface area contributed by atoms with Crippen LogP contribution in [0.2, 0.25) is 0 Å². The van der Waals surface area contributed by atoms with E-state index in [-0.39, 0.29) is 18.1 Å². The number of nitrogens with zero attached hydrogens (tertiary/aromatic N) is 1. The van der Waals surface area contributed by atoms with Gasteiger partial charge in [-0.2, -0.15) is 12.6 Å². The molecule has 0 saturated carbocycles. The molecule has 2 unspecified atom stereocenters. The Balaban J connectivity index is 2.49. The molecule has 1 amide bonds. The summed E-state index contributed by atoms with van der Waals surface area (Å²) in [5.41, 5.74) is 0. The summed E-state index contributed by atoms with van der Waals surface area (Å²) in [6.07, 6.45) is 0.301. The van der Waals surface area contributed by atoms with Crippen LogP contribution in [0.1, 0.15) is 13.8 Å². The van der Waals surface area contributed by atoms with Gasteiger partial charge in [-0.3, -0.25) is 4.79 Å². The lowest BCUT2D eigenvalue weighted by Gasteiger charge is -2.35. The molecule has 0 radical (unpaired) electrons. The second kappa shape index (κ2) is 4.14. The molecule has 3 nitrogen and oxygen atoms in total. The topological polar surface area (TPSA) is 29.5 Å². The van der Waals surface area contributed by atoms with Crippen LogP contribution in [0.15, 0.2) is 0 Å². The maximum atomic E-state index is 11.3. The van der Waals surface area contributed by atoms with Crippen LogP contribution >= 0.6 is 12.6 Å². The van der Waals surface area contributed by atoms with Gasteiger partial charge >= 0.3 is 0 Å². The Labute approximate surface area is 78.5 Å². The van der Waals surface area contributed by atoms with Crippen molar-refractivity contribution in [3.8, 4) is 0 Å². The van der Waals surface area contributed by atoms with Crippen molar-refractivity contribution in [1.29, 1.82) is 0 Å². The van der Waals surface area contributed by atoms with Crippen molar-refractivity contribution in [3.05, 3.63) is 0 Å². The molecule has 1 aliphatic heterocycles. The summed E-state index contributed by atoms with van der Waals surface area (Å²) in [5, 5.41) is 0. The van der Waals surface area contributed by atoms with E-state index in [1.165, 1.54) is 0 Å². The Kier molecular flexibility index (Phi) is 3.40. The van der Waals surface area contributed by atoms with Crippen LogP contribution in [0.5, 0.6) is 0 Å². The summed E-state index contributed by atoms with van der Waals surface area (Å²) in [6.45, 7) is 5.36. The molecule has 0 bridgehead atoms. The van der Waals surface area contributed by atoms with Gasteiger partial charge in [-0.15, -0.1) is 0 Å². The fraction of sp³-hybridized carbons (Fsp3) is 0.875. The van der Waals surface area contributed by atoms with Gasteiger partial charge in [-0.25, -0.2) is 0 Å². The van der Waals surface area contributed by atoms with Crippen LogP contribution in [0, 0.1) is 0 Å². The smallest absolute Gasteiger partial charge is 0.232 e. The average Bonchev–Trinajstić information content (AvgIpc) is 2.01. The highest BCUT2D eigenvalue weighted by Crippen LogP contribution is 2.10. The molecule has 4 heteroatoms. The Morgan fingerprint density at radius 1 is 1.50 bits per heavy atom. The Morgan fingerprint density at radius 3 is 2.42 bits per heavy atom. The summed E-state index contributed by atoms with van der Waals surface area (Å²) >= 11 is 3.95. The molecular formula is C8H15NO2S. The van der Waals surface area contributed by atoms with Crippen molar-refractivity contribution < 1.29 is 9.53 Å². The van der Waals surface area contributed by atoms with Gasteiger partial charge in [-0.05, 0) is 13.8 Å².